The minimum atomic E-state index is 0.214. The summed E-state index contributed by atoms with van der Waals surface area (Å²) < 4.78 is 0. The molecule has 2 rings (SSSR count). The molecule has 98 valence electrons. The third-order valence-corrected chi connectivity index (χ3v) is 3.89. The Morgan fingerprint density at radius 2 is 2.28 bits per heavy atom. The number of rotatable bonds is 3. The van der Waals surface area contributed by atoms with Crippen LogP contribution in [0.3, 0.4) is 0 Å². The van der Waals surface area contributed by atoms with Gasteiger partial charge in [-0.1, -0.05) is 6.07 Å². The summed E-state index contributed by atoms with van der Waals surface area (Å²) >= 11 is 1.55. The average Bonchev–Trinajstić information content (AvgIpc) is 2.65. The SMILES string of the molecule is Nc1cccc(SCC(=O)N2CCCNCC2)c1. The van der Waals surface area contributed by atoms with E-state index in [2.05, 4.69) is 5.32 Å². The van der Waals surface area contributed by atoms with Crippen molar-refractivity contribution in [2.75, 3.05) is 37.7 Å². The van der Waals surface area contributed by atoms with Crippen LogP contribution in [0.5, 0.6) is 0 Å². The summed E-state index contributed by atoms with van der Waals surface area (Å²) in [5.41, 5.74) is 6.45. The number of benzene rings is 1. The maximum Gasteiger partial charge on any atom is 0.232 e. The molecular weight excluding hydrogens is 246 g/mol. The van der Waals surface area contributed by atoms with E-state index < -0.39 is 0 Å². The number of carbonyl (C=O) groups is 1. The van der Waals surface area contributed by atoms with Gasteiger partial charge in [0, 0.05) is 30.2 Å². The maximum atomic E-state index is 12.1. The Kier molecular flexibility index (Phi) is 4.90. The summed E-state index contributed by atoms with van der Waals surface area (Å²) in [6, 6.07) is 7.66. The molecule has 0 aromatic heterocycles. The molecule has 0 aliphatic carbocycles. The van der Waals surface area contributed by atoms with Gasteiger partial charge in [0.1, 0.15) is 0 Å². The van der Waals surface area contributed by atoms with Gasteiger partial charge in [0.25, 0.3) is 0 Å². The first-order valence-corrected chi connectivity index (χ1v) is 7.21. The Labute approximate surface area is 112 Å². The summed E-state index contributed by atoms with van der Waals surface area (Å²) in [6.07, 6.45) is 1.04. The summed E-state index contributed by atoms with van der Waals surface area (Å²) in [5, 5.41) is 3.30. The molecule has 1 aromatic rings. The number of nitrogens with one attached hydrogen (secondary N) is 1. The first-order valence-electron chi connectivity index (χ1n) is 6.22. The highest BCUT2D eigenvalue weighted by atomic mass is 32.2. The molecule has 3 N–H and O–H groups in total. The van der Waals surface area contributed by atoms with Crippen molar-refractivity contribution in [3.63, 3.8) is 0 Å². The highest BCUT2D eigenvalue weighted by Gasteiger charge is 2.15. The van der Waals surface area contributed by atoms with Crippen molar-refractivity contribution >= 4 is 23.4 Å². The zero-order chi connectivity index (χ0) is 12.8. The Morgan fingerprint density at radius 1 is 1.39 bits per heavy atom. The molecule has 0 bridgehead atoms. The van der Waals surface area contributed by atoms with Crippen LogP contribution in [0.15, 0.2) is 29.2 Å². The number of nitrogens with zero attached hydrogens (tertiary/aromatic N) is 1. The van der Waals surface area contributed by atoms with Crippen molar-refractivity contribution in [3.05, 3.63) is 24.3 Å². The van der Waals surface area contributed by atoms with Crippen molar-refractivity contribution < 1.29 is 4.79 Å². The molecule has 4 nitrogen and oxygen atoms in total. The Morgan fingerprint density at radius 3 is 3.11 bits per heavy atom. The van der Waals surface area contributed by atoms with E-state index in [0.29, 0.717) is 5.75 Å². The molecule has 0 unspecified atom stereocenters. The van der Waals surface area contributed by atoms with E-state index >= 15 is 0 Å². The first kappa shape index (κ1) is 13.2. The summed E-state index contributed by atoms with van der Waals surface area (Å²) in [7, 11) is 0. The molecule has 1 aliphatic heterocycles. The molecule has 1 fully saturated rings. The fourth-order valence-electron chi connectivity index (χ4n) is 1.94. The summed E-state index contributed by atoms with van der Waals surface area (Å²) in [4.78, 5) is 15.1. The highest BCUT2D eigenvalue weighted by Crippen LogP contribution is 2.20. The largest absolute Gasteiger partial charge is 0.399 e. The van der Waals surface area contributed by atoms with Crippen LogP contribution < -0.4 is 11.1 Å². The number of carbonyl (C=O) groups excluding carboxylic acids is 1. The van der Waals surface area contributed by atoms with Crippen LogP contribution in [0, 0.1) is 0 Å². The predicted octanol–water partition coefficient (Wildman–Crippen LogP) is 1.18. The van der Waals surface area contributed by atoms with E-state index in [4.69, 9.17) is 5.73 Å². The Bertz CT molecular complexity index is 403. The van der Waals surface area contributed by atoms with Crippen LogP contribution >= 0.6 is 11.8 Å². The van der Waals surface area contributed by atoms with Crippen molar-refractivity contribution in [1.82, 2.24) is 10.2 Å². The van der Waals surface area contributed by atoms with Gasteiger partial charge in [0.2, 0.25) is 5.91 Å². The number of nitrogens with two attached hydrogens (primary N) is 1. The average molecular weight is 265 g/mol. The van der Waals surface area contributed by atoms with Gasteiger partial charge in [-0.3, -0.25) is 4.79 Å². The molecule has 0 atom stereocenters. The lowest BCUT2D eigenvalue weighted by atomic mass is 10.3. The molecule has 0 spiro atoms. The van der Waals surface area contributed by atoms with Gasteiger partial charge >= 0.3 is 0 Å². The molecule has 0 saturated carbocycles. The van der Waals surface area contributed by atoms with Crippen molar-refractivity contribution in [2.45, 2.75) is 11.3 Å². The molecule has 1 amide bonds. The van der Waals surface area contributed by atoms with Crippen LogP contribution in [0.25, 0.3) is 0 Å². The maximum absolute atomic E-state index is 12.1. The van der Waals surface area contributed by atoms with Crippen LogP contribution in [-0.2, 0) is 4.79 Å². The lowest BCUT2D eigenvalue weighted by molar-refractivity contribution is -0.128. The quantitative estimate of drug-likeness (QED) is 0.636. The van der Waals surface area contributed by atoms with Gasteiger partial charge < -0.3 is 16.0 Å². The Balaban J connectivity index is 1.83. The number of amides is 1. The number of anilines is 1. The van der Waals surface area contributed by atoms with E-state index in [1.807, 2.05) is 29.2 Å². The van der Waals surface area contributed by atoms with Crippen LogP contribution in [0.1, 0.15) is 6.42 Å². The van der Waals surface area contributed by atoms with Crippen molar-refractivity contribution in [2.24, 2.45) is 0 Å². The topological polar surface area (TPSA) is 58.4 Å². The summed E-state index contributed by atoms with van der Waals surface area (Å²) in [6.45, 7) is 3.58. The van der Waals surface area contributed by atoms with Gasteiger partial charge in [-0.15, -0.1) is 11.8 Å². The molecule has 1 heterocycles. The molecule has 1 aliphatic rings. The third-order valence-electron chi connectivity index (χ3n) is 2.91. The lowest BCUT2D eigenvalue weighted by Gasteiger charge is -2.19. The Hall–Kier alpha value is -1.20. The molecular formula is C13H19N3OS. The fraction of sp³-hybridized carbons (Fsp3) is 0.462. The predicted molar refractivity (Wildman–Crippen MR) is 75.6 cm³/mol. The minimum Gasteiger partial charge on any atom is -0.399 e. The fourth-order valence-corrected chi connectivity index (χ4v) is 2.80. The number of nitrogen functional groups attached to an aromatic ring is 1. The zero-order valence-electron chi connectivity index (χ0n) is 10.4. The highest BCUT2D eigenvalue weighted by molar-refractivity contribution is 8.00. The van der Waals surface area contributed by atoms with E-state index in [-0.39, 0.29) is 5.91 Å². The van der Waals surface area contributed by atoms with Gasteiger partial charge in [-0.25, -0.2) is 0 Å². The summed E-state index contributed by atoms with van der Waals surface area (Å²) in [5.74, 6) is 0.704. The monoisotopic (exact) mass is 265 g/mol. The van der Waals surface area contributed by atoms with Crippen LogP contribution in [-0.4, -0.2) is 42.7 Å². The van der Waals surface area contributed by atoms with Crippen LogP contribution in [0.4, 0.5) is 5.69 Å². The normalized spacial score (nSPS) is 16.3. The molecule has 1 aromatic carbocycles. The van der Waals surface area contributed by atoms with Crippen molar-refractivity contribution in [3.8, 4) is 0 Å². The van der Waals surface area contributed by atoms with E-state index in [0.717, 1.165) is 43.2 Å². The first-order chi connectivity index (χ1) is 8.75. The van der Waals surface area contributed by atoms with E-state index in [9.17, 15) is 4.79 Å². The molecule has 18 heavy (non-hydrogen) atoms. The number of hydrogen-bond acceptors (Lipinski definition) is 4. The zero-order valence-corrected chi connectivity index (χ0v) is 11.2. The van der Waals surface area contributed by atoms with Crippen molar-refractivity contribution in [1.29, 1.82) is 0 Å². The standard InChI is InChI=1S/C13H19N3OS/c14-11-3-1-4-12(9-11)18-10-13(17)16-7-2-5-15-6-8-16/h1,3-4,9,15H,2,5-8,10,14H2. The molecule has 1 saturated heterocycles. The number of hydrogen-bond donors (Lipinski definition) is 2. The van der Waals surface area contributed by atoms with Gasteiger partial charge in [-0.05, 0) is 31.2 Å². The van der Waals surface area contributed by atoms with Gasteiger partial charge in [0.15, 0.2) is 0 Å². The second kappa shape index (κ2) is 6.66. The second-order valence-electron chi connectivity index (χ2n) is 4.35. The number of thioether (sulfide) groups is 1. The minimum absolute atomic E-state index is 0.214. The smallest absolute Gasteiger partial charge is 0.232 e. The molecule has 0 radical (unpaired) electrons. The van der Waals surface area contributed by atoms with Gasteiger partial charge in [-0.2, -0.15) is 0 Å². The lowest BCUT2D eigenvalue weighted by Crippen LogP contribution is -2.35. The van der Waals surface area contributed by atoms with Gasteiger partial charge in [0.05, 0.1) is 5.75 Å². The van der Waals surface area contributed by atoms with Crippen LogP contribution in [0.2, 0.25) is 0 Å². The second-order valence-corrected chi connectivity index (χ2v) is 5.39. The molecule has 5 heteroatoms. The van der Waals surface area contributed by atoms with E-state index in [1.54, 1.807) is 11.8 Å². The third kappa shape index (κ3) is 3.92. The van der Waals surface area contributed by atoms with E-state index in [1.165, 1.54) is 0 Å².